The number of H-pyrrole nitrogens is 1. The van der Waals surface area contributed by atoms with Crippen molar-refractivity contribution in [2.45, 2.75) is 25.4 Å². The van der Waals surface area contributed by atoms with E-state index in [1.54, 1.807) is 0 Å². The molecule has 1 aliphatic heterocycles. The van der Waals surface area contributed by atoms with Gasteiger partial charge in [0.1, 0.15) is 0 Å². The Morgan fingerprint density at radius 1 is 1.07 bits per heavy atom. The highest BCUT2D eigenvalue weighted by atomic mass is 35.5. The summed E-state index contributed by atoms with van der Waals surface area (Å²) in [6.07, 6.45) is 0.361. The number of likely N-dealkylation sites (tertiary alicyclic amines) is 1. The predicted molar refractivity (Wildman–Crippen MR) is 113 cm³/mol. The number of anilines is 1. The second-order valence-corrected chi connectivity index (χ2v) is 7.60. The van der Waals surface area contributed by atoms with Crippen molar-refractivity contribution in [3.63, 3.8) is 0 Å². The molecule has 4 rings (SSSR count). The monoisotopic (exact) mass is 408 g/mol. The summed E-state index contributed by atoms with van der Waals surface area (Å²) in [4.78, 5) is 33.7. The Morgan fingerprint density at radius 2 is 1.83 bits per heavy atom. The van der Waals surface area contributed by atoms with Gasteiger partial charge in [-0.3, -0.25) is 14.6 Å². The third kappa shape index (κ3) is 4.84. The second kappa shape index (κ2) is 8.49. The van der Waals surface area contributed by atoms with Gasteiger partial charge in [-0.1, -0.05) is 54.1 Å². The number of rotatable bonds is 6. The largest absolute Gasteiger partial charge is 0.352 e. The number of hydrogen-bond donors (Lipinski definition) is 2. The van der Waals surface area contributed by atoms with Gasteiger partial charge >= 0.3 is 0 Å². The number of carbonyl (C=O) groups excluding carboxylic acids is 1. The van der Waals surface area contributed by atoms with E-state index in [4.69, 9.17) is 11.6 Å². The lowest BCUT2D eigenvalue weighted by atomic mass is 10.0. The molecule has 29 heavy (non-hydrogen) atoms. The Morgan fingerprint density at radius 3 is 2.59 bits per heavy atom. The zero-order chi connectivity index (χ0) is 20.2. The molecule has 3 aromatic rings. The van der Waals surface area contributed by atoms with E-state index >= 15 is 0 Å². The minimum Gasteiger partial charge on any atom is -0.352 e. The Kier molecular flexibility index (Phi) is 5.62. The van der Waals surface area contributed by atoms with Gasteiger partial charge in [0.25, 0.3) is 5.56 Å². The number of nitrogens with zero attached hydrogens (tertiary/aromatic N) is 2. The Labute approximate surface area is 173 Å². The van der Waals surface area contributed by atoms with Crippen LogP contribution in [0.5, 0.6) is 0 Å². The van der Waals surface area contributed by atoms with Crippen molar-refractivity contribution >= 4 is 23.5 Å². The van der Waals surface area contributed by atoms with Crippen molar-refractivity contribution in [1.82, 2.24) is 14.9 Å². The van der Waals surface area contributed by atoms with Crippen LogP contribution in [0.15, 0.2) is 65.5 Å². The van der Waals surface area contributed by atoms with Crippen molar-refractivity contribution in [3.8, 4) is 0 Å². The normalized spacial score (nSPS) is 16.2. The minimum atomic E-state index is -0.234. The van der Waals surface area contributed by atoms with Gasteiger partial charge < -0.3 is 10.2 Å². The van der Waals surface area contributed by atoms with Crippen LogP contribution in [0.4, 0.5) is 5.95 Å². The van der Waals surface area contributed by atoms with E-state index in [2.05, 4.69) is 15.3 Å². The fraction of sp³-hybridized carbons (Fsp3) is 0.227. The van der Waals surface area contributed by atoms with Crippen LogP contribution < -0.4 is 10.9 Å². The van der Waals surface area contributed by atoms with E-state index in [1.165, 1.54) is 6.07 Å². The first-order valence-corrected chi connectivity index (χ1v) is 9.86. The molecule has 1 saturated heterocycles. The highest BCUT2D eigenvalue weighted by Gasteiger charge is 2.31. The van der Waals surface area contributed by atoms with Crippen LogP contribution in [0.2, 0.25) is 5.02 Å². The summed E-state index contributed by atoms with van der Waals surface area (Å²) in [6, 6.07) is 18.8. The van der Waals surface area contributed by atoms with Crippen LogP contribution in [-0.4, -0.2) is 27.3 Å². The van der Waals surface area contributed by atoms with Gasteiger partial charge in [-0.15, -0.1) is 0 Å². The third-order valence-electron chi connectivity index (χ3n) is 4.98. The summed E-state index contributed by atoms with van der Waals surface area (Å²) in [7, 11) is 0. The Bertz CT molecular complexity index is 1050. The average molecular weight is 409 g/mol. The van der Waals surface area contributed by atoms with E-state index in [0.717, 1.165) is 11.1 Å². The molecule has 1 atom stereocenters. The summed E-state index contributed by atoms with van der Waals surface area (Å²) >= 11 is 5.91. The van der Waals surface area contributed by atoms with Crippen molar-refractivity contribution < 1.29 is 4.79 Å². The number of nitrogens with one attached hydrogen (secondary N) is 2. The highest BCUT2D eigenvalue weighted by molar-refractivity contribution is 6.30. The first-order valence-electron chi connectivity index (χ1n) is 9.48. The third-order valence-corrected chi connectivity index (χ3v) is 5.24. The van der Waals surface area contributed by atoms with Crippen molar-refractivity contribution in [1.29, 1.82) is 0 Å². The summed E-state index contributed by atoms with van der Waals surface area (Å²) in [5.74, 6) is 0.387. The molecule has 0 saturated carbocycles. The quantitative estimate of drug-likeness (QED) is 0.653. The van der Waals surface area contributed by atoms with Crippen molar-refractivity contribution in [2.24, 2.45) is 0 Å². The average Bonchev–Trinajstić information content (AvgIpc) is 3.08. The Balaban J connectivity index is 1.45. The number of carbonyl (C=O) groups is 1. The number of amides is 1. The fourth-order valence-corrected chi connectivity index (χ4v) is 3.61. The molecule has 7 heteroatoms. The number of aromatic amines is 1. The molecule has 0 radical (unpaired) electrons. The second-order valence-electron chi connectivity index (χ2n) is 7.16. The molecule has 2 aromatic carbocycles. The van der Waals surface area contributed by atoms with Crippen molar-refractivity contribution in [2.75, 3.05) is 11.9 Å². The Hall–Kier alpha value is -3.12. The first kappa shape index (κ1) is 19.2. The van der Waals surface area contributed by atoms with Crippen LogP contribution >= 0.6 is 11.6 Å². The van der Waals surface area contributed by atoms with Crippen LogP contribution in [0.3, 0.4) is 0 Å². The van der Waals surface area contributed by atoms with Crippen LogP contribution in [0.1, 0.15) is 29.2 Å². The molecule has 0 bridgehead atoms. The lowest BCUT2D eigenvalue weighted by Crippen LogP contribution is -2.24. The summed E-state index contributed by atoms with van der Waals surface area (Å²) in [5, 5.41) is 3.81. The zero-order valence-electron chi connectivity index (χ0n) is 15.8. The van der Waals surface area contributed by atoms with E-state index in [-0.39, 0.29) is 17.4 Å². The SMILES string of the molecule is O=C1C[C@@H](c2cc(=O)[nH]c(NCc3ccc(Cl)cc3)n2)CN1Cc1ccccc1. The summed E-state index contributed by atoms with van der Waals surface area (Å²) < 4.78 is 0. The van der Waals surface area contributed by atoms with Gasteiger partial charge in [0.05, 0.1) is 5.69 Å². The summed E-state index contributed by atoms with van der Waals surface area (Å²) in [6.45, 7) is 1.63. The maximum absolute atomic E-state index is 12.5. The molecule has 2 heterocycles. The predicted octanol–water partition coefficient (Wildman–Crippen LogP) is 3.55. The zero-order valence-corrected chi connectivity index (χ0v) is 16.5. The molecule has 2 N–H and O–H groups in total. The molecule has 1 aromatic heterocycles. The number of benzene rings is 2. The maximum atomic E-state index is 12.5. The molecule has 1 amide bonds. The topological polar surface area (TPSA) is 78.1 Å². The molecule has 1 fully saturated rings. The number of aromatic nitrogens is 2. The number of halogens is 1. The summed E-state index contributed by atoms with van der Waals surface area (Å²) in [5.41, 5.74) is 2.51. The van der Waals surface area contributed by atoms with E-state index in [9.17, 15) is 9.59 Å². The molecule has 148 valence electrons. The molecule has 6 nitrogen and oxygen atoms in total. The molecule has 0 spiro atoms. The smallest absolute Gasteiger partial charge is 0.252 e. The molecule has 1 aliphatic rings. The van der Waals surface area contributed by atoms with Gasteiger partial charge in [-0.25, -0.2) is 4.98 Å². The molecular formula is C22H21ClN4O2. The minimum absolute atomic E-state index is 0.0802. The number of hydrogen-bond acceptors (Lipinski definition) is 4. The van der Waals surface area contributed by atoms with Crippen LogP contribution in [0.25, 0.3) is 0 Å². The van der Waals surface area contributed by atoms with E-state index < -0.39 is 0 Å². The first-order chi connectivity index (χ1) is 14.1. The molecule has 0 unspecified atom stereocenters. The standard InChI is InChI=1S/C22H21ClN4O2/c23-18-8-6-15(7-9-18)12-24-22-25-19(11-20(28)26-22)17-10-21(29)27(14-17)13-16-4-2-1-3-5-16/h1-9,11,17H,10,12-14H2,(H2,24,25,26,28)/t17-/m1/s1. The van der Waals surface area contributed by atoms with E-state index in [1.807, 2.05) is 59.5 Å². The highest BCUT2D eigenvalue weighted by Crippen LogP contribution is 2.28. The van der Waals surface area contributed by atoms with Gasteiger partial charge in [-0.2, -0.15) is 0 Å². The maximum Gasteiger partial charge on any atom is 0.252 e. The molecular weight excluding hydrogens is 388 g/mol. The van der Waals surface area contributed by atoms with Gasteiger partial charge in [0.2, 0.25) is 11.9 Å². The molecule has 0 aliphatic carbocycles. The lowest BCUT2D eigenvalue weighted by Gasteiger charge is -2.17. The van der Waals surface area contributed by atoms with E-state index in [0.29, 0.717) is 42.7 Å². The van der Waals surface area contributed by atoms with Crippen LogP contribution in [-0.2, 0) is 17.9 Å². The van der Waals surface area contributed by atoms with Crippen LogP contribution in [0, 0.1) is 0 Å². The van der Waals surface area contributed by atoms with Gasteiger partial charge in [0.15, 0.2) is 0 Å². The van der Waals surface area contributed by atoms with Gasteiger partial charge in [-0.05, 0) is 23.3 Å². The fourth-order valence-electron chi connectivity index (χ4n) is 3.48. The van der Waals surface area contributed by atoms with Gasteiger partial charge in [0, 0.05) is 43.1 Å². The lowest BCUT2D eigenvalue weighted by molar-refractivity contribution is -0.128. The van der Waals surface area contributed by atoms with Crippen molar-refractivity contribution in [3.05, 3.63) is 92.9 Å².